The Morgan fingerprint density at radius 1 is 0.424 bits per heavy atom. The van der Waals surface area contributed by atoms with E-state index in [4.69, 9.17) is 4.74 Å². The maximum Gasteiger partial charge on any atom is 0.305 e. The van der Waals surface area contributed by atoms with Gasteiger partial charge in [-0.2, -0.15) is 0 Å². The van der Waals surface area contributed by atoms with Gasteiger partial charge in [0, 0.05) is 12.8 Å². The van der Waals surface area contributed by atoms with Crippen molar-refractivity contribution in [2.75, 3.05) is 13.2 Å². The number of rotatable bonds is 53. The van der Waals surface area contributed by atoms with Crippen molar-refractivity contribution in [3.05, 3.63) is 48.6 Å². The van der Waals surface area contributed by atoms with E-state index in [1.54, 1.807) is 6.08 Å². The second-order valence-electron chi connectivity index (χ2n) is 19.6. The molecule has 0 heterocycles. The molecule has 0 aliphatic carbocycles. The molecular weight excluding hydrogens is 815 g/mol. The average Bonchev–Trinajstić information content (AvgIpc) is 3.32. The lowest BCUT2D eigenvalue weighted by atomic mass is 10.0. The zero-order valence-electron chi connectivity index (χ0n) is 43.9. The van der Waals surface area contributed by atoms with Crippen molar-refractivity contribution in [1.29, 1.82) is 0 Å². The molecule has 0 radical (unpaired) electrons. The Morgan fingerprint density at radius 3 is 1.18 bits per heavy atom. The van der Waals surface area contributed by atoms with Crippen molar-refractivity contribution in [3.63, 3.8) is 0 Å². The van der Waals surface area contributed by atoms with Crippen molar-refractivity contribution < 1.29 is 24.5 Å². The molecule has 0 fully saturated rings. The van der Waals surface area contributed by atoms with E-state index >= 15 is 0 Å². The lowest BCUT2D eigenvalue weighted by molar-refractivity contribution is -0.143. The second kappa shape index (κ2) is 55.4. The second-order valence-corrected chi connectivity index (χ2v) is 19.6. The molecule has 2 unspecified atom stereocenters. The third-order valence-electron chi connectivity index (χ3n) is 13.1. The summed E-state index contributed by atoms with van der Waals surface area (Å²) in [6.45, 7) is 4.85. The van der Waals surface area contributed by atoms with Crippen LogP contribution < -0.4 is 5.32 Å². The number of hydrogen-bond acceptors (Lipinski definition) is 5. The Kier molecular flexibility index (Phi) is 53.6. The van der Waals surface area contributed by atoms with Crippen LogP contribution in [0.4, 0.5) is 0 Å². The van der Waals surface area contributed by atoms with Crippen molar-refractivity contribution in [3.8, 4) is 0 Å². The van der Waals surface area contributed by atoms with E-state index in [1.807, 2.05) is 6.08 Å². The van der Waals surface area contributed by atoms with Gasteiger partial charge in [-0.25, -0.2) is 0 Å². The van der Waals surface area contributed by atoms with Crippen LogP contribution in [0, 0.1) is 0 Å². The number of allylic oxidation sites excluding steroid dienone is 7. The lowest BCUT2D eigenvalue weighted by Crippen LogP contribution is -2.45. The van der Waals surface area contributed by atoms with Gasteiger partial charge >= 0.3 is 5.97 Å². The molecule has 0 spiro atoms. The Balaban J connectivity index is 3.42. The van der Waals surface area contributed by atoms with Crippen LogP contribution in [0.1, 0.15) is 296 Å². The quantitative estimate of drug-likeness (QED) is 0.0321. The van der Waals surface area contributed by atoms with E-state index in [9.17, 15) is 19.8 Å². The summed E-state index contributed by atoms with van der Waals surface area (Å²) in [5.74, 6) is -0.0803. The number of hydrogen-bond donors (Lipinski definition) is 3. The fourth-order valence-electron chi connectivity index (χ4n) is 8.60. The summed E-state index contributed by atoms with van der Waals surface area (Å²) < 4.78 is 5.48. The Labute approximate surface area is 410 Å². The van der Waals surface area contributed by atoms with Gasteiger partial charge in [0.1, 0.15) is 0 Å². The third-order valence-corrected chi connectivity index (χ3v) is 13.1. The molecule has 0 saturated heterocycles. The van der Waals surface area contributed by atoms with Crippen molar-refractivity contribution >= 4 is 11.9 Å². The first kappa shape index (κ1) is 63.8. The third kappa shape index (κ3) is 51.2. The van der Waals surface area contributed by atoms with Gasteiger partial charge in [0.2, 0.25) is 5.91 Å². The van der Waals surface area contributed by atoms with Gasteiger partial charge in [-0.3, -0.25) is 9.59 Å². The fraction of sp³-hybridized carbons (Fsp3) is 0.833. The summed E-state index contributed by atoms with van der Waals surface area (Å²) in [6.07, 6.45) is 70.0. The molecule has 0 aromatic carbocycles. The minimum absolute atomic E-state index is 0.00322. The Morgan fingerprint density at radius 2 is 0.758 bits per heavy atom. The summed E-state index contributed by atoms with van der Waals surface area (Å²) in [4.78, 5) is 24.4. The van der Waals surface area contributed by atoms with Crippen LogP contribution in [-0.2, 0) is 14.3 Å². The predicted octanol–water partition coefficient (Wildman–Crippen LogP) is 17.8. The van der Waals surface area contributed by atoms with Crippen LogP contribution in [-0.4, -0.2) is 47.4 Å². The van der Waals surface area contributed by atoms with E-state index in [1.165, 1.54) is 212 Å². The zero-order chi connectivity index (χ0) is 47.9. The number of carbonyl (C=O) groups excluding carboxylic acids is 2. The monoisotopic (exact) mass is 926 g/mol. The summed E-state index contributed by atoms with van der Waals surface area (Å²) in [5.41, 5.74) is 0. The maximum absolute atomic E-state index is 12.4. The highest BCUT2D eigenvalue weighted by atomic mass is 16.5. The van der Waals surface area contributed by atoms with Gasteiger partial charge in [-0.05, 0) is 89.9 Å². The molecular formula is C60H111NO5. The molecule has 0 saturated carbocycles. The summed E-state index contributed by atoms with van der Waals surface area (Å²) in [6, 6.07) is -0.631. The summed E-state index contributed by atoms with van der Waals surface area (Å²) in [5, 5.41) is 23.0. The van der Waals surface area contributed by atoms with Crippen LogP contribution in [0.15, 0.2) is 48.6 Å². The van der Waals surface area contributed by atoms with Gasteiger partial charge in [0.25, 0.3) is 0 Å². The van der Waals surface area contributed by atoms with Gasteiger partial charge in [0.05, 0.1) is 25.4 Å². The normalized spacial score (nSPS) is 13.0. The topological polar surface area (TPSA) is 95.9 Å². The van der Waals surface area contributed by atoms with Crippen LogP contribution >= 0.6 is 0 Å². The largest absolute Gasteiger partial charge is 0.466 e. The van der Waals surface area contributed by atoms with E-state index in [0.29, 0.717) is 19.4 Å². The minimum atomic E-state index is -0.847. The van der Waals surface area contributed by atoms with Crippen LogP contribution in [0.3, 0.4) is 0 Å². The van der Waals surface area contributed by atoms with Gasteiger partial charge in [-0.1, -0.05) is 242 Å². The fourth-order valence-corrected chi connectivity index (χ4v) is 8.60. The first-order valence-electron chi connectivity index (χ1n) is 28.9. The standard InChI is InChI=1S/C60H111NO5/c1-3-5-7-9-11-13-15-16-17-28-31-34-38-42-46-50-54-60(65)66-55-51-47-43-39-35-32-29-26-24-22-20-18-19-21-23-25-27-30-33-37-41-45-49-53-59(64)61-57(56-62)58(63)52-48-44-40-36-14-12-10-8-6-4-2/h13,15,17,21,23,28,48,52,57-58,62-63H,3-12,14,16,18-20,22,24-27,29-47,49-51,53-56H2,1-2H3,(H,61,64)/b15-13-,23-21-,28-17-,52-48+. The Hall–Kier alpha value is -2.18. The van der Waals surface area contributed by atoms with Crippen molar-refractivity contribution in [1.82, 2.24) is 5.32 Å². The highest BCUT2D eigenvalue weighted by Crippen LogP contribution is 2.16. The highest BCUT2D eigenvalue weighted by molar-refractivity contribution is 5.76. The van der Waals surface area contributed by atoms with Gasteiger partial charge < -0.3 is 20.3 Å². The number of unbranched alkanes of at least 4 members (excludes halogenated alkanes) is 36. The summed E-state index contributed by atoms with van der Waals surface area (Å²) in [7, 11) is 0. The molecule has 0 rings (SSSR count). The molecule has 66 heavy (non-hydrogen) atoms. The van der Waals surface area contributed by atoms with E-state index in [2.05, 4.69) is 55.6 Å². The van der Waals surface area contributed by atoms with E-state index < -0.39 is 12.1 Å². The van der Waals surface area contributed by atoms with Gasteiger partial charge in [-0.15, -0.1) is 0 Å². The van der Waals surface area contributed by atoms with E-state index in [0.717, 1.165) is 57.8 Å². The number of esters is 1. The van der Waals surface area contributed by atoms with Crippen LogP contribution in [0.2, 0.25) is 0 Å². The first-order valence-corrected chi connectivity index (χ1v) is 28.9. The first-order chi connectivity index (χ1) is 32.5. The molecule has 0 aliphatic heterocycles. The number of nitrogens with one attached hydrogen (secondary N) is 1. The SMILES string of the molecule is CCCCCC/C=C\C/C=C\CCCCCCCC(=O)OCCCCCCCCCCCCCC/C=C\CCCCCCCCCC(=O)NC(CO)C(O)/C=C/CCCCCCCCCC. The molecule has 2 atom stereocenters. The number of amides is 1. The predicted molar refractivity (Wildman–Crippen MR) is 287 cm³/mol. The molecule has 386 valence electrons. The highest BCUT2D eigenvalue weighted by Gasteiger charge is 2.18. The zero-order valence-corrected chi connectivity index (χ0v) is 43.9. The summed E-state index contributed by atoms with van der Waals surface area (Å²) >= 11 is 0. The number of aliphatic hydroxyl groups excluding tert-OH is 2. The van der Waals surface area contributed by atoms with E-state index in [-0.39, 0.29) is 18.5 Å². The maximum atomic E-state index is 12.4. The van der Waals surface area contributed by atoms with Crippen molar-refractivity contribution in [2.45, 2.75) is 309 Å². The minimum Gasteiger partial charge on any atom is -0.466 e. The molecule has 1 amide bonds. The van der Waals surface area contributed by atoms with Crippen LogP contribution in [0.5, 0.6) is 0 Å². The van der Waals surface area contributed by atoms with Crippen LogP contribution in [0.25, 0.3) is 0 Å². The van der Waals surface area contributed by atoms with Gasteiger partial charge in [0.15, 0.2) is 0 Å². The molecule has 6 heteroatoms. The average molecular weight is 927 g/mol. The smallest absolute Gasteiger partial charge is 0.305 e. The molecule has 0 aromatic rings. The Bertz CT molecular complexity index is 1110. The number of ether oxygens (including phenoxy) is 1. The molecule has 0 aliphatic rings. The molecule has 0 aromatic heterocycles. The number of aliphatic hydroxyl groups is 2. The molecule has 0 bridgehead atoms. The molecule has 3 N–H and O–H groups in total. The molecule has 6 nitrogen and oxygen atoms in total. The lowest BCUT2D eigenvalue weighted by Gasteiger charge is -2.20. The van der Waals surface area contributed by atoms with Crippen molar-refractivity contribution in [2.24, 2.45) is 0 Å². The number of carbonyl (C=O) groups is 2.